The number of carbonyl (C=O) groups is 1. The van der Waals surface area contributed by atoms with Gasteiger partial charge in [0, 0.05) is 19.0 Å². The SMILES string of the molecule is C[C@H]1CC[C@@H](C(=O)N2CC[C@@H](O)C2)CC1. The highest BCUT2D eigenvalue weighted by Crippen LogP contribution is 2.30. The van der Waals surface area contributed by atoms with E-state index in [4.69, 9.17) is 0 Å². The van der Waals surface area contributed by atoms with E-state index in [1.165, 1.54) is 12.8 Å². The summed E-state index contributed by atoms with van der Waals surface area (Å²) in [5, 5.41) is 9.40. The predicted octanol–water partition coefficient (Wildman–Crippen LogP) is 1.41. The van der Waals surface area contributed by atoms with Gasteiger partial charge in [-0.3, -0.25) is 4.79 Å². The van der Waals surface area contributed by atoms with E-state index in [1.54, 1.807) is 0 Å². The van der Waals surface area contributed by atoms with Crippen molar-refractivity contribution in [2.24, 2.45) is 11.8 Å². The van der Waals surface area contributed by atoms with Crippen LogP contribution in [0.2, 0.25) is 0 Å². The van der Waals surface area contributed by atoms with E-state index in [-0.39, 0.29) is 12.0 Å². The van der Waals surface area contributed by atoms with Crippen molar-refractivity contribution < 1.29 is 9.90 Å². The highest BCUT2D eigenvalue weighted by molar-refractivity contribution is 5.79. The molecule has 1 heterocycles. The molecule has 0 radical (unpaired) electrons. The highest BCUT2D eigenvalue weighted by Gasteiger charge is 2.31. The van der Waals surface area contributed by atoms with Gasteiger partial charge in [-0.25, -0.2) is 0 Å². The molecule has 0 bridgehead atoms. The third-order valence-electron chi connectivity index (χ3n) is 3.84. The first-order valence-corrected chi connectivity index (χ1v) is 6.13. The summed E-state index contributed by atoms with van der Waals surface area (Å²) in [6.07, 6.45) is 4.95. The van der Waals surface area contributed by atoms with Crippen molar-refractivity contribution in [3.8, 4) is 0 Å². The van der Waals surface area contributed by atoms with E-state index in [0.717, 1.165) is 31.7 Å². The second-order valence-electron chi connectivity index (χ2n) is 5.18. The molecular formula is C12H21NO2. The minimum absolute atomic E-state index is 0.242. The first kappa shape index (κ1) is 10.9. The maximum Gasteiger partial charge on any atom is 0.225 e. The number of hydrogen-bond donors (Lipinski definition) is 1. The molecule has 1 N–H and O–H groups in total. The molecule has 0 unspecified atom stereocenters. The van der Waals surface area contributed by atoms with Gasteiger partial charge in [-0.15, -0.1) is 0 Å². The summed E-state index contributed by atoms with van der Waals surface area (Å²) >= 11 is 0. The summed E-state index contributed by atoms with van der Waals surface area (Å²) in [6.45, 7) is 3.58. The smallest absolute Gasteiger partial charge is 0.225 e. The molecule has 2 fully saturated rings. The Morgan fingerprint density at radius 2 is 1.87 bits per heavy atom. The quantitative estimate of drug-likeness (QED) is 0.712. The van der Waals surface area contributed by atoms with Gasteiger partial charge in [0.2, 0.25) is 5.91 Å². The van der Waals surface area contributed by atoms with E-state index >= 15 is 0 Å². The molecule has 0 aromatic heterocycles. The second-order valence-corrected chi connectivity index (χ2v) is 5.18. The minimum Gasteiger partial charge on any atom is -0.391 e. The Bertz CT molecular complexity index is 234. The molecule has 1 aliphatic carbocycles. The second kappa shape index (κ2) is 4.52. The van der Waals surface area contributed by atoms with E-state index in [2.05, 4.69) is 6.92 Å². The zero-order chi connectivity index (χ0) is 10.8. The lowest BCUT2D eigenvalue weighted by Crippen LogP contribution is -2.36. The number of nitrogens with zero attached hydrogens (tertiary/aromatic N) is 1. The maximum atomic E-state index is 12.1. The Labute approximate surface area is 91.5 Å². The van der Waals surface area contributed by atoms with E-state index in [0.29, 0.717) is 12.5 Å². The summed E-state index contributed by atoms with van der Waals surface area (Å²) in [7, 11) is 0. The lowest BCUT2D eigenvalue weighted by molar-refractivity contribution is -0.136. The van der Waals surface area contributed by atoms with Gasteiger partial charge in [0.05, 0.1) is 6.10 Å². The highest BCUT2D eigenvalue weighted by atomic mass is 16.3. The van der Waals surface area contributed by atoms with Crippen molar-refractivity contribution in [2.75, 3.05) is 13.1 Å². The lowest BCUT2D eigenvalue weighted by Gasteiger charge is -2.28. The molecule has 2 rings (SSSR count). The number of hydrogen-bond acceptors (Lipinski definition) is 2. The molecule has 3 nitrogen and oxygen atoms in total. The van der Waals surface area contributed by atoms with Crippen LogP contribution in [0.5, 0.6) is 0 Å². The van der Waals surface area contributed by atoms with Crippen molar-refractivity contribution in [1.29, 1.82) is 0 Å². The van der Waals surface area contributed by atoms with Crippen molar-refractivity contribution in [2.45, 2.75) is 45.1 Å². The fourth-order valence-electron chi connectivity index (χ4n) is 2.71. The standard InChI is InChI=1S/C12H21NO2/c1-9-2-4-10(5-3-9)12(15)13-7-6-11(14)8-13/h9-11,14H,2-8H2,1H3/t9-,10+,11-/m1/s1. The largest absolute Gasteiger partial charge is 0.391 e. The third-order valence-corrected chi connectivity index (χ3v) is 3.84. The van der Waals surface area contributed by atoms with Crippen LogP contribution in [0.1, 0.15) is 39.0 Å². The van der Waals surface area contributed by atoms with Crippen LogP contribution >= 0.6 is 0 Å². The van der Waals surface area contributed by atoms with Crippen molar-refractivity contribution in [1.82, 2.24) is 4.90 Å². The molecule has 0 aromatic rings. The normalized spacial score (nSPS) is 36.9. The monoisotopic (exact) mass is 211 g/mol. The molecule has 1 saturated carbocycles. The molecule has 0 spiro atoms. The number of β-amino-alcohol motifs (C(OH)–C–C–N with tert-alkyl or cyclic N) is 1. The van der Waals surface area contributed by atoms with Gasteiger partial charge in [0.1, 0.15) is 0 Å². The van der Waals surface area contributed by atoms with Gasteiger partial charge < -0.3 is 10.0 Å². The van der Waals surface area contributed by atoms with Gasteiger partial charge in [0.15, 0.2) is 0 Å². The molecule has 1 aliphatic heterocycles. The Balaban J connectivity index is 1.85. The van der Waals surface area contributed by atoms with E-state index in [9.17, 15) is 9.90 Å². The van der Waals surface area contributed by atoms with Crippen LogP contribution in [0.15, 0.2) is 0 Å². The summed E-state index contributed by atoms with van der Waals surface area (Å²) in [5.74, 6) is 1.32. The Morgan fingerprint density at radius 3 is 2.40 bits per heavy atom. The topological polar surface area (TPSA) is 40.5 Å². The molecule has 1 amide bonds. The van der Waals surface area contributed by atoms with E-state index in [1.807, 2.05) is 4.90 Å². The molecule has 1 atom stereocenters. The molecule has 0 aromatic carbocycles. The average Bonchev–Trinajstić information content (AvgIpc) is 2.65. The van der Waals surface area contributed by atoms with Crippen molar-refractivity contribution in [3.63, 3.8) is 0 Å². The summed E-state index contributed by atoms with van der Waals surface area (Å²) in [5.41, 5.74) is 0. The molecule has 86 valence electrons. The summed E-state index contributed by atoms with van der Waals surface area (Å²) < 4.78 is 0. The number of amides is 1. The number of aliphatic hydroxyl groups is 1. The van der Waals surface area contributed by atoms with Crippen LogP contribution in [0.25, 0.3) is 0 Å². The predicted molar refractivity (Wildman–Crippen MR) is 58.3 cm³/mol. The summed E-state index contributed by atoms with van der Waals surface area (Å²) in [6, 6.07) is 0. The third kappa shape index (κ3) is 2.51. The number of rotatable bonds is 1. The lowest BCUT2D eigenvalue weighted by atomic mass is 9.82. The zero-order valence-electron chi connectivity index (χ0n) is 9.48. The number of aliphatic hydroxyl groups excluding tert-OH is 1. The van der Waals surface area contributed by atoms with Crippen LogP contribution < -0.4 is 0 Å². The number of carbonyl (C=O) groups excluding carboxylic acids is 1. The molecule has 1 saturated heterocycles. The van der Waals surface area contributed by atoms with Crippen LogP contribution in [0.4, 0.5) is 0 Å². The van der Waals surface area contributed by atoms with Crippen LogP contribution in [-0.4, -0.2) is 35.1 Å². The van der Waals surface area contributed by atoms with Gasteiger partial charge in [-0.05, 0) is 38.0 Å². The number of likely N-dealkylation sites (tertiary alicyclic amines) is 1. The van der Waals surface area contributed by atoms with Crippen molar-refractivity contribution >= 4 is 5.91 Å². The van der Waals surface area contributed by atoms with Crippen molar-refractivity contribution in [3.05, 3.63) is 0 Å². The molecule has 15 heavy (non-hydrogen) atoms. The fraction of sp³-hybridized carbons (Fsp3) is 0.917. The Hall–Kier alpha value is -0.570. The molecule has 3 heteroatoms. The van der Waals surface area contributed by atoms with Gasteiger partial charge >= 0.3 is 0 Å². The Morgan fingerprint density at radius 1 is 1.20 bits per heavy atom. The van der Waals surface area contributed by atoms with Crippen LogP contribution in [-0.2, 0) is 4.79 Å². The van der Waals surface area contributed by atoms with Crippen LogP contribution in [0.3, 0.4) is 0 Å². The first-order chi connectivity index (χ1) is 7.16. The summed E-state index contributed by atoms with van der Waals surface area (Å²) in [4.78, 5) is 13.9. The Kier molecular flexibility index (Phi) is 3.29. The molecular weight excluding hydrogens is 190 g/mol. The maximum absolute atomic E-state index is 12.1. The molecule has 2 aliphatic rings. The average molecular weight is 211 g/mol. The van der Waals surface area contributed by atoms with Gasteiger partial charge in [-0.1, -0.05) is 6.92 Å². The van der Waals surface area contributed by atoms with Crippen LogP contribution in [0, 0.1) is 11.8 Å². The van der Waals surface area contributed by atoms with Gasteiger partial charge in [0.25, 0.3) is 0 Å². The first-order valence-electron chi connectivity index (χ1n) is 6.13. The van der Waals surface area contributed by atoms with Gasteiger partial charge in [-0.2, -0.15) is 0 Å². The fourth-order valence-corrected chi connectivity index (χ4v) is 2.71. The zero-order valence-corrected chi connectivity index (χ0v) is 9.48. The minimum atomic E-state index is -0.281. The van der Waals surface area contributed by atoms with E-state index < -0.39 is 0 Å².